The van der Waals surface area contributed by atoms with E-state index in [1.165, 1.54) is 32.0 Å². The van der Waals surface area contributed by atoms with Gasteiger partial charge in [0.05, 0.1) is 23.8 Å². The third kappa shape index (κ3) is 3.86. The van der Waals surface area contributed by atoms with Crippen LogP contribution >= 0.6 is 0 Å². The lowest BCUT2D eigenvalue weighted by molar-refractivity contribution is -0.127. The zero-order valence-electron chi connectivity index (χ0n) is 13.0. The molecule has 23 heavy (non-hydrogen) atoms. The van der Waals surface area contributed by atoms with Crippen molar-refractivity contribution in [1.29, 1.82) is 0 Å². The first-order valence-electron chi connectivity index (χ1n) is 7.46. The van der Waals surface area contributed by atoms with Gasteiger partial charge in [0, 0.05) is 0 Å². The lowest BCUT2D eigenvalue weighted by Crippen LogP contribution is -2.58. The summed E-state index contributed by atoms with van der Waals surface area (Å²) in [5.74, 6) is -1.88. The smallest absolute Gasteiger partial charge is 0.255 e. The summed E-state index contributed by atoms with van der Waals surface area (Å²) >= 11 is 0. The summed E-state index contributed by atoms with van der Waals surface area (Å²) in [6.07, 6.45) is -1.05. The van der Waals surface area contributed by atoms with Gasteiger partial charge in [-0.1, -0.05) is 12.1 Å². The summed E-state index contributed by atoms with van der Waals surface area (Å²) < 4.78 is 13.6. The molecule has 7 heteroatoms. The fraction of sp³-hybridized carbons (Fsp3) is 0.500. The molecule has 0 saturated heterocycles. The lowest BCUT2D eigenvalue weighted by atomic mass is 10.0. The molecule has 6 nitrogen and oxygen atoms in total. The number of aliphatic hydroxyl groups is 2. The molecule has 0 bridgehead atoms. The molecule has 0 aliphatic heterocycles. The van der Waals surface area contributed by atoms with Crippen molar-refractivity contribution in [2.24, 2.45) is 0 Å². The second kappa shape index (κ2) is 6.64. The van der Waals surface area contributed by atoms with Gasteiger partial charge in [0.1, 0.15) is 11.4 Å². The molecule has 1 fully saturated rings. The fourth-order valence-electron chi connectivity index (χ4n) is 2.52. The van der Waals surface area contributed by atoms with E-state index in [9.17, 15) is 24.2 Å². The summed E-state index contributed by atoms with van der Waals surface area (Å²) in [5.41, 5.74) is -1.45. The standard InChI is InChI=1S/C16H21FN2O4/c1-16(2,15(23)18-11-7-8-12(20)13(11)21)19-14(22)9-5-3-4-6-10(9)17/h3-6,11-13,20-21H,7-8H2,1-2H3,(H,18,23)(H,19,22)/t11-,12-,13-/m1/s1. The molecule has 0 radical (unpaired) electrons. The molecule has 4 N–H and O–H groups in total. The number of aliphatic hydroxyl groups excluding tert-OH is 2. The quantitative estimate of drug-likeness (QED) is 0.642. The average molecular weight is 324 g/mol. The third-order valence-electron chi connectivity index (χ3n) is 4.01. The number of carbonyl (C=O) groups excluding carboxylic acids is 2. The highest BCUT2D eigenvalue weighted by molar-refractivity contribution is 5.99. The van der Waals surface area contributed by atoms with Crippen LogP contribution in [0.3, 0.4) is 0 Å². The molecule has 0 aromatic heterocycles. The zero-order valence-corrected chi connectivity index (χ0v) is 13.0. The molecular weight excluding hydrogens is 303 g/mol. The summed E-state index contributed by atoms with van der Waals surface area (Å²) in [4.78, 5) is 24.4. The minimum atomic E-state index is -1.30. The minimum absolute atomic E-state index is 0.148. The summed E-state index contributed by atoms with van der Waals surface area (Å²) in [5, 5.41) is 24.4. The van der Waals surface area contributed by atoms with E-state index < -0.39 is 41.4 Å². The number of carbonyl (C=O) groups is 2. The van der Waals surface area contributed by atoms with Crippen molar-refractivity contribution in [1.82, 2.24) is 10.6 Å². The Kier molecular flexibility index (Phi) is 5.01. The second-order valence-corrected chi connectivity index (χ2v) is 6.27. The lowest BCUT2D eigenvalue weighted by Gasteiger charge is -2.28. The topological polar surface area (TPSA) is 98.7 Å². The molecule has 2 amide bonds. The van der Waals surface area contributed by atoms with Gasteiger partial charge in [-0.25, -0.2) is 4.39 Å². The first kappa shape index (κ1) is 17.4. The maximum Gasteiger partial charge on any atom is 0.255 e. The molecule has 0 spiro atoms. The Balaban J connectivity index is 2.02. The van der Waals surface area contributed by atoms with Crippen LogP contribution in [0.1, 0.15) is 37.0 Å². The Labute approximate surface area is 133 Å². The summed E-state index contributed by atoms with van der Waals surface area (Å²) in [6.45, 7) is 2.97. The number of rotatable bonds is 4. The van der Waals surface area contributed by atoms with Crippen LogP contribution in [0, 0.1) is 5.82 Å². The SMILES string of the molecule is CC(C)(NC(=O)c1ccccc1F)C(=O)N[C@@H]1CC[C@@H](O)[C@@H]1O. The van der Waals surface area contributed by atoms with Gasteiger partial charge in [-0.05, 0) is 38.8 Å². The van der Waals surface area contributed by atoms with E-state index in [-0.39, 0.29) is 5.56 Å². The first-order valence-corrected chi connectivity index (χ1v) is 7.46. The maximum absolute atomic E-state index is 13.6. The summed E-state index contributed by atoms with van der Waals surface area (Å²) in [7, 11) is 0. The normalized spacial score (nSPS) is 24.3. The average Bonchev–Trinajstić information content (AvgIpc) is 2.79. The van der Waals surface area contributed by atoms with Gasteiger partial charge in [0.25, 0.3) is 5.91 Å². The van der Waals surface area contributed by atoms with Gasteiger partial charge >= 0.3 is 0 Å². The van der Waals surface area contributed by atoms with Crippen LogP contribution in [0.15, 0.2) is 24.3 Å². The van der Waals surface area contributed by atoms with Crippen LogP contribution in [-0.4, -0.2) is 45.8 Å². The number of halogens is 1. The van der Waals surface area contributed by atoms with E-state index in [0.29, 0.717) is 12.8 Å². The van der Waals surface area contributed by atoms with E-state index in [4.69, 9.17) is 0 Å². The maximum atomic E-state index is 13.6. The Morgan fingerprint density at radius 3 is 2.43 bits per heavy atom. The number of amides is 2. The number of nitrogens with one attached hydrogen (secondary N) is 2. The Morgan fingerprint density at radius 1 is 1.22 bits per heavy atom. The van der Waals surface area contributed by atoms with Crippen LogP contribution in [0.4, 0.5) is 4.39 Å². The third-order valence-corrected chi connectivity index (χ3v) is 4.01. The molecule has 1 aliphatic carbocycles. The zero-order chi connectivity index (χ0) is 17.2. The minimum Gasteiger partial charge on any atom is -0.390 e. The molecule has 1 aromatic rings. The molecule has 126 valence electrons. The van der Waals surface area contributed by atoms with Crippen LogP contribution in [0.25, 0.3) is 0 Å². The van der Waals surface area contributed by atoms with E-state index in [1.54, 1.807) is 0 Å². The van der Waals surface area contributed by atoms with Crippen molar-refractivity contribution >= 4 is 11.8 Å². The fourth-order valence-corrected chi connectivity index (χ4v) is 2.52. The molecule has 0 heterocycles. The first-order chi connectivity index (χ1) is 10.7. The van der Waals surface area contributed by atoms with Crippen molar-refractivity contribution in [3.05, 3.63) is 35.6 Å². The van der Waals surface area contributed by atoms with Crippen LogP contribution in [-0.2, 0) is 4.79 Å². The van der Waals surface area contributed by atoms with E-state index >= 15 is 0 Å². The van der Waals surface area contributed by atoms with E-state index in [1.807, 2.05) is 0 Å². The Hall–Kier alpha value is -1.99. The molecule has 0 unspecified atom stereocenters. The van der Waals surface area contributed by atoms with Crippen LogP contribution < -0.4 is 10.6 Å². The van der Waals surface area contributed by atoms with Gasteiger partial charge < -0.3 is 20.8 Å². The van der Waals surface area contributed by atoms with Crippen molar-refractivity contribution in [2.75, 3.05) is 0 Å². The molecule has 1 saturated carbocycles. The van der Waals surface area contributed by atoms with Crippen molar-refractivity contribution < 1.29 is 24.2 Å². The molecule has 1 aromatic carbocycles. The van der Waals surface area contributed by atoms with Crippen LogP contribution in [0.5, 0.6) is 0 Å². The number of benzene rings is 1. The van der Waals surface area contributed by atoms with Crippen molar-refractivity contribution in [3.63, 3.8) is 0 Å². The largest absolute Gasteiger partial charge is 0.390 e. The van der Waals surface area contributed by atoms with Crippen LogP contribution in [0.2, 0.25) is 0 Å². The summed E-state index contributed by atoms with van der Waals surface area (Å²) in [6, 6.07) is 4.92. The van der Waals surface area contributed by atoms with E-state index in [0.717, 1.165) is 6.07 Å². The van der Waals surface area contributed by atoms with E-state index in [2.05, 4.69) is 10.6 Å². The van der Waals surface area contributed by atoms with Gasteiger partial charge in [-0.2, -0.15) is 0 Å². The number of hydrogen-bond acceptors (Lipinski definition) is 4. The van der Waals surface area contributed by atoms with Gasteiger partial charge in [0.15, 0.2) is 0 Å². The molecule has 2 rings (SSSR count). The second-order valence-electron chi connectivity index (χ2n) is 6.27. The van der Waals surface area contributed by atoms with Crippen molar-refractivity contribution in [2.45, 2.75) is 50.5 Å². The van der Waals surface area contributed by atoms with Gasteiger partial charge in [0.2, 0.25) is 5.91 Å². The van der Waals surface area contributed by atoms with Gasteiger partial charge in [-0.3, -0.25) is 9.59 Å². The predicted molar refractivity (Wildman–Crippen MR) is 81.1 cm³/mol. The Morgan fingerprint density at radius 2 is 1.87 bits per heavy atom. The highest BCUT2D eigenvalue weighted by atomic mass is 19.1. The molecule has 3 atom stereocenters. The predicted octanol–water partition coefficient (Wildman–Crippen LogP) is 0.334. The highest BCUT2D eigenvalue weighted by Gasteiger charge is 2.38. The monoisotopic (exact) mass is 324 g/mol. The van der Waals surface area contributed by atoms with Crippen molar-refractivity contribution in [3.8, 4) is 0 Å². The Bertz CT molecular complexity index is 605. The van der Waals surface area contributed by atoms with Gasteiger partial charge in [-0.15, -0.1) is 0 Å². The molecule has 1 aliphatic rings. The number of hydrogen-bond donors (Lipinski definition) is 4. The highest BCUT2D eigenvalue weighted by Crippen LogP contribution is 2.20. The molecular formula is C16H21FN2O4.